The van der Waals surface area contributed by atoms with Crippen LogP contribution in [0.4, 0.5) is 17.6 Å². The quantitative estimate of drug-likeness (QED) is 0.320. The summed E-state index contributed by atoms with van der Waals surface area (Å²) in [5, 5.41) is 0.557. The molecule has 0 saturated carbocycles. The van der Waals surface area contributed by atoms with Gasteiger partial charge in [-0.3, -0.25) is 4.90 Å². The molecule has 33 heavy (non-hydrogen) atoms. The zero-order valence-corrected chi connectivity index (χ0v) is 17.9. The minimum Gasteiger partial charge on any atom is -0.353 e. The van der Waals surface area contributed by atoms with Crippen molar-refractivity contribution >= 4 is 16.5 Å². The molecule has 3 nitrogen and oxygen atoms in total. The lowest BCUT2D eigenvalue weighted by Gasteiger charge is -2.26. The smallest absolute Gasteiger partial charge is 0.353 e. The maximum absolute atomic E-state index is 13.4. The number of rotatable bonds is 5. The predicted octanol–water partition coefficient (Wildman–Crippen LogP) is 6.38. The molecule has 0 aliphatic carbocycles. The number of fused-ring (bicyclic) bond motifs is 1. The fourth-order valence-corrected chi connectivity index (χ4v) is 4.41. The van der Waals surface area contributed by atoms with Gasteiger partial charge in [-0.15, -0.1) is 0 Å². The van der Waals surface area contributed by atoms with E-state index in [9.17, 15) is 17.6 Å². The average Bonchev–Trinajstić information content (AvgIpc) is 3.46. The van der Waals surface area contributed by atoms with E-state index in [-0.39, 0.29) is 5.82 Å². The third-order valence-corrected chi connectivity index (χ3v) is 6.22. The summed E-state index contributed by atoms with van der Waals surface area (Å²) in [6.07, 6.45) is 4.40. The zero-order chi connectivity index (χ0) is 23.0. The van der Waals surface area contributed by atoms with Gasteiger partial charge in [0.25, 0.3) is 0 Å². The van der Waals surface area contributed by atoms with Gasteiger partial charge in [0.1, 0.15) is 5.82 Å². The van der Waals surface area contributed by atoms with Gasteiger partial charge in [-0.25, -0.2) is 4.39 Å². The molecule has 0 amide bonds. The summed E-state index contributed by atoms with van der Waals surface area (Å²) in [5.41, 5.74) is 2.54. The third kappa shape index (κ3) is 4.46. The van der Waals surface area contributed by atoms with Crippen LogP contribution in [0.15, 0.2) is 79.3 Å². The fraction of sp³-hybridized carbons (Fsp3) is 0.231. The highest BCUT2D eigenvalue weighted by molar-refractivity contribution is 5.95. The highest BCUT2D eigenvalue weighted by Gasteiger charge is 2.31. The van der Waals surface area contributed by atoms with Crippen LogP contribution >= 0.6 is 0 Å². The van der Waals surface area contributed by atoms with Gasteiger partial charge in [0.15, 0.2) is 0 Å². The van der Waals surface area contributed by atoms with Crippen molar-refractivity contribution in [1.82, 2.24) is 14.0 Å². The van der Waals surface area contributed by atoms with E-state index < -0.39 is 11.7 Å². The van der Waals surface area contributed by atoms with Gasteiger partial charge in [-0.2, -0.15) is 13.2 Å². The Hall–Kier alpha value is -3.32. The summed E-state index contributed by atoms with van der Waals surface area (Å²) < 4.78 is 57.7. The lowest BCUT2D eigenvalue weighted by Crippen LogP contribution is -2.31. The molecule has 0 fully saturated rings. The first-order chi connectivity index (χ1) is 15.9. The largest absolute Gasteiger partial charge is 0.416 e. The van der Waals surface area contributed by atoms with Crippen LogP contribution < -0.4 is 0 Å². The second-order valence-corrected chi connectivity index (χ2v) is 8.32. The second kappa shape index (κ2) is 8.56. The summed E-state index contributed by atoms with van der Waals surface area (Å²) in [7, 11) is 0. The number of hydrogen-bond donors (Lipinski definition) is 0. The molecule has 0 unspecified atom stereocenters. The first-order valence-electron chi connectivity index (χ1n) is 10.9. The Bertz CT molecular complexity index is 1280. The highest BCUT2D eigenvalue weighted by atomic mass is 19.4. The standard InChI is InChI=1S/C26H23F4N3/c27-21-4-6-22(7-5-21)33-18-24(23-17-20(26(28,29)30)3-8-25(23)33)19-9-13-32(14-10-19)16-15-31-11-1-2-12-31/h1-9,11-12,17-18H,10,13-16H2. The maximum atomic E-state index is 13.4. The van der Waals surface area contributed by atoms with Crippen molar-refractivity contribution in [2.24, 2.45) is 0 Å². The molecule has 2 aromatic carbocycles. The van der Waals surface area contributed by atoms with Crippen molar-refractivity contribution in [3.8, 4) is 5.69 Å². The van der Waals surface area contributed by atoms with Crippen LogP contribution in [0.5, 0.6) is 0 Å². The minimum absolute atomic E-state index is 0.357. The van der Waals surface area contributed by atoms with Crippen LogP contribution in [0.3, 0.4) is 0 Å². The van der Waals surface area contributed by atoms with Gasteiger partial charge < -0.3 is 9.13 Å². The molecule has 0 atom stereocenters. The summed E-state index contributed by atoms with van der Waals surface area (Å²) in [6.45, 7) is 3.40. The molecule has 0 radical (unpaired) electrons. The van der Waals surface area contributed by atoms with E-state index in [0.717, 1.165) is 49.8 Å². The Labute approximate surface area is 189 Å². The summed E-state index contributed by atoms with van der Waals surface area (Å²) in [4.78, 5) is 2.34. The number of aromatic nitrogens is 2. The van der Waals surface area contributed by atoms with E-state index in [1.54, 1.807) is 12.1 Å². The van der Waals surface area contributed by atoms with Gasteiger partial charge in [0.2, 0.25) is 0 Å². The van der Waals surface area contributed by atoms with E-state index in [2.05, 4.69) is 15.5 Å². The van der Waals surface area contributed by atoms with Crippen LogP contribution in [0, 0.1) is 5.82 Å². The first kappa shape index (κ1) is 21.5. The van der Waals surface area contributed by atoms with Crippen LogP contribution in [-0.4, -0.2) is 33.7 Å². The summed E-state index contributed by atoms with van der Waals surface area (Å²) in [5.74, 6) is -0.357. The molecule has 5 rings (SSSR count). The lowest BCUT2D eigenvalue weighted by atomic mass is 9.98. The molecule has 0 N–H and O–H groups in total. The molecule has 0 saturated heterocycles. The van der Waals surface area contributed by atoms with Crippen molar-refractivity contribution < 1.29 is 17.6 Å². The van der Waals surface area contributed by atoms with Gasteiger partial charge in [-0.1, -0.05) is 6.08 Å². The highest BCUT2D eigenvalue weighted by Crippen LogP contribution is 2.37. The third-order valence-electron chi connectivity index (χ3n) is 6.22. The Kier molecular flexibility index (Phi) is 5.58. The number of alkyl halides is 3. The Morgan fingerprint density at radius 3 is 2.33 bits per heavy atom. The Balaban J connectivity index is 1.49. The van der Waals surface area contributed by atoms with Crippen LogP contribution in [0.1, 0.15) is 17.5 Å². The minimum atomic E-state index is -4.42. The molecular weight excluding hydrogens is 430 g/mol. The van der Waals surface area contributed by atoms with Crippen molar-refractivity contribution in [1.29, 1.82) is 0 Å². The van der Waals surface area contributed by atoms with Crippen LogP contribution in [0.25, 0.3) is 22.2 Å². The van der Waals surface area contributed by atoms with Crippen molar-refractivity contribution in [3.63, 3.8) is 0 Å². The van der Waals surface area contributed by atoms with E-state index in [0.29, 0.717) is 16.6 Å². The van der Waals surface area contributed by atoms with E-state index >= 15 is 0 Å². The number of hydrogen-bond acceptors (Lipinski definition) is 1. The SMILES string of the molecule is Fc1ccc(-n2cc(C3=CCN(CCn4cccc4)CC3)c3cc(C(F)(F)F)ccc32)cc1. The number of nitrogens with zero attached hydrogens (tertiary/aromatic N) is 3. The number of benzene rings is 2. The van der Waals surface area contributed by atoms with Crippen LogP contribution in [-0.2, 0) is 12.7 Å². The fourth-order valence-electron chi connectivity index (χ4n) is 4.41. The molecule has 3 heterocycles. The Morgan fingerprint density at radius 1 is 0.909 bits per heavy atom. The molecule has 0 spiro atoms. The van der Waals surface area contributed by atoms with E-state index in [1.807, 2.05) is 35.3 Å². The molecular formula is C26H23F4N3. The Morgan fingerprint density at radius 2 is 1.67 bits per heavy atom. The van der Waals surface area contributed by atoms with E-state index in [4.69, 9.17) is 0 Å². The normalized spacial score (nSPS) is 15.2. The van der Waals surface area contributed by atoms with Crippen LogP contribution in [0.2, 0.25) is 0 Å². The topological polar surface area (TPSA) is 13.1 Å². The van der Waals surface area contributed by atoms with Crippen molar-refractivity contribution in [3.05, 3.63) is 96.2 Å². The molecule has 4 aromatic rings. The van der Waals surface area contributed by atoms with Gasteiger partial charge in [-0.05, 0) is 66.6 Å². The monoisotopic (exact) mass is 453 g/mol. The molecule has 1 aliphatic heterocycles. The summed E-state index contributed by atoms with van der Waals surface area (Å²) >= 11 is 0. The van der Waals surface area contributed by atoms with E-state index in [1.165, 1.54) is 24.3 Å². The molecule has 7 heteroatoms. The molecule has 0 bridgehead atoms. The lowest BCUT2D eigenvalue weighted by molar-refractivity contribution is -0.137. The molecule has 2 aromatic heterocycles. The molecule has 170 valence electrons. The predicted molar refractivity (Wildman–Crippen MR) is 122 cm³/mol. The van der Waals surface area contributed by atoms with Gasteiger partial charge >= 0.3 is 6.18 Å². The first-order valence-corrected chi connectivity index (χ1v) is 10.9. The zero-order valence-electron chi connectivity index (χ0n) is 17.9. The molecule has 1 aliphatic rings. The maximum Gasteiger partial charge on any atom is 0.416 e. The average molecular weight is 453 g/mol. The number of halogens is 4. The van der Waals surface area contributed by atoms with Crippen molar-refractivity contribution in [2.45, 2.75) is 19.1 Å². The second-order valence-electron chi connectivity index (χ2n) is 8.32. The van der Waals surface area contributed by atoms with Crippen molar-refractivity contribution in [2.75, 3.05) is 19.6 Å². The summed E-state index contributed by atoms with van der Waals surface area (Å²) in [6, 6.07) is 13.8. The van der Waals surface area contributed by atoms with Gasteiger partial charge in [0, 0.05) is 61.4 Å². The van der Waals surface area contributed by atoms with Gasteiger partial charge in [0.05, 0.1) is 11.1 Å².